The van der Waals surface area contributed by atoms with Crippen LogP contribution >= 0.6 is 11.6 Å². The highest BCUT2D eigenvalue weighted by molar-refractivity contribution is 6.30. The molecule has 158 valence electrons. The second-order valence-electron chi connectivity index (χ2n) is 6.77. The standard InChI is InChI=1S/C22H20ClN5O3/c23-16-8-6-15(7-9-16)12-31-18-5-2-1-4-17(18)22(29)30-11-3-10-28-14-27-19-20(24)25-13-26-21(19)28/h1-2,4-9,13-14H,3,10-12H2,(H2,24,25,26). The van der Waals surface area contributed by atoms with Crippen LogP contribution in [0.4, 0.5) is 5.82 Å². The lowest BCUT2D eigenvalue weighted by Crippen LogP contribution is -2.10. The number of nitrogens with two attached hydrogens (primary N) is 1. The number of nitrogens with zero attached hydrogens (tertiary/aromatic N) is 4. The Labute approximate surface area is 183 Å². The van der Waals surface area contributed by atoms with Crippen LogP contribution in [0.3, 0.4) is 0 Å². The molecular weight excluding hydrogens is 418 g/mol. The van der Waals surface area contributed by atoms with E-state index in [1.54, 1.807) is 36.7 Å². The van der Waals surface area contributed by atoms with Gasteiger partial charge in [0.2, 0.25) is 0 Å². The van der Waals surface area contributed by atoms with Crippen LogP contribution in [-0.2, 0) is 17.9 Å². The number of benzene rings is 2. The Bertz CT molecular complexity index is 1190. The maximum Gasteiger partial charge on any atom is 0.341 e. The Kier molecular flexibility index (Phi) is 6.28. The minimum absolute atomic E-state index is 0.241. The molecule has 0 unspecified atom stereocenters. The van der Waals surface area contributed by atoms with E-state index in [0.29, 0.717) is 52.9 Å². The highest BCUT2D eigenvalue weighted by Gasteiger charge is 2.14. The normalized spacial score (nSPS) is 10.9. The van der Waals surface area contributed by atoms with Gasteiger partial charge < -0.3 is 19.8 Å². The SMILES string of the molecule is Nc1ncnc2c1ncn2CCCOC(=O)c1ccccc1OCc1ccc(Cl)cc1. The van der Waals surface area contributed by atoms with E-state index < -0.39 is 5.97 Å². The number of halogens is 1. The van der Waals surface area contributed by atoms with Gasteiger partial charge in [0, 0.05) is 11.6 Å². The summed E-state index contributed by atoms with van der Waals surface area (Å²) in [5.41, 5.74) is 8.34. The van der Waals surface area contributed by atoms with Crippen LogP contribution in [0.2, 0.25) is 5.02 Å². The molecule has 0 atom stereocenters. The quantitative estimate of drug-likeness (QED) is 0.329. The predicted octanol–water partition coefficient (Wildman–Crippen LogP) is 3.89. The summed E-state index contributed by atoms with van der Waals surface area (Å²) in [5.74, 6) is 0.370. The Balaban J connectivity index is 1.32. The number of aryl methyl sites for hydroxylation is 1. The number of hydrogen-bond donors (Lipinski definition) is 1. The van der Waals surface area contributed by atoms with E-state index in [1.807, 2.05) is 22.8 Å². The van der Waals surface area contributed by atoms with E-state index in [4.69, 9.17) is 26.8 Å². The molecular formula is C22H20ClN5O3. The predicted molar refractivity (Wildman–Crippen MR) is 117 cm³/mol. The van der Waals surface area contributed by atoms with Crippen molar-refractivity contribution in [3.05, 3.63) is 77.3 Å². The lowest BCUT2D eigenvalue weighted by molar-refractivity contribution is 0.0491. The third-order valence-electron chi connectivity index (χ3n) is 4.62. The fourth-order valence-electron chi connectivity index (χ4n) is 3.04. The fourth-order valence-corrected chi connectivity index (χ4v) is 3.17. The Morgan fingerprint density at radius 1 is 1.06 bits per heavy atom. The average Bonchev–Trinajstić information content (AvgIpc) is 3.21. The molecule has 2 aromatic heterocycles. The summed E-state index contributed by atoms with van der Waals surface area (Å²) in [6, 6.07) is 14.4. The Morgan fingerprint density at radius 2 is 1.87 bits per heavy atom. The zero-order valence-electron chi connectivity index (χ0n) is 16.6. The van der Waals surface area contributed by atoms with Gasteiger partial charge in [-0.25, -0.2) is 19.7 Å². The molecule has 0 saturated heterocycles. The van der Waals surface area contributed by atoms with Crippen LogP contribution in [0.25, 0.3) is 11.2 Å². The third kappa shape index (κ3) is 4.92. The number of rotatable bonds is 8. The summed E-state index contributed by atoms with van der Waals surface area (Å²) in [6.45, 7) is 1.14. The number of esters is 1. The summed E-state index contributed by atoms with van der Waals surface area (Å²) in [7, 11) is 0. The summed E-state index contributed by atoms with van der Waals surface area (Å²) < 4.78 is 13.1. The van der Waals surface area contributed by atoms with Gasteiger partial charge in [0.15, 0.2) is 11.5 Å². The van der Waals surface area contributed by atoms with Gasteiger partial charge in [-0.05, 0) is 36.2 Å². The molecule has 0 aliphatic carbocycles. The van der Waals surface area contributed by atoms with Crippen LogP contribution in [-0.4, -0.2) is 32.1 Å². The molecule has 0 radical (unpaired) electrons. The average molecular weight is 438 g/mol. The van der Waals surface area contributed by atoms with Crippen molar-refractivity contribution in [3.63, 3.8) is 0 Å². The van der Waals surface area contributed by atoms with Gasteiger partial charge in [0.1, 0.15) is 29.8 Å². The Morgan fingerprint density at radius 3 is 2.71 bits per heavy atom. The first-order chi connectivity index (χ1) is 15.1. The number of anilines is 1. The van der Waals surface area contributed by atoms with Crippen LogP contribution < -0.4 is 10.5 Å². The van der Waals surface area contributed by atoms with Gasteiger partial charge in [-0.3, -0.25) is 0 Å². The molecule has 8 nitrogen and oxygen atoms in total. The molecule has 0 aliphatic heterocycles. The first kappa shape index (κ1) is 20.6. The minimum atomic E-state index is -0.436. The zero-order chi connectivity index (χ0) is 21.6. The van der Waals surface area contributed by atoms with Gasteiger partial charge in [0.25, 0.3) is 0 Å². The van der Waals surface area contributed by atoms with Crippen LogP contribution in [0.15, 0.2) is 61.2 Å². The van der Waals surface area contributed by atoms with Gasteiger partial charge in [-0.2, -0.15) is 0 Å². The van der Waals surface area contributed by atoms with E-state index >= 15 is 0 Å². The molecule has 2 heterocycles. The molecule has 0 saturated carbocycles. The molecule has 4 rings (SSSR count). The van der Waals surface area contributed by atoms with Crippen LogP contribution in [0, 0.1) is 0 Å². The number of fused-ring (bicyclic) bond motifs is 1. The van der Waals surface area contributed by atoms with E-state index in [9.17, 15) is 4.79 Å². The van der Waals surface area contributed by atoms with Crippen molar-refractivity contribution in [2.24, 2.45) is 0 Å². The van der Waals surface area contributed by atoms with Gasteiger partial charge in [-0.1, -0.05) is 35.9 Å². The maximum atomic E-state index is 12.6. The molecule has 4 aromatic rings. The van der Waals surface area contributed by atoms with Crippen molar-refractivity contribution in [3.8, 4) is 5.75 Å². The molecule has 0 spiro atoms. The largest absolute Gasteiger partial charge is 0.488 e. The summed E-state index contributed by atoms with van der Waals surface area (Å²) >= 11 is 5.91. The number of imidazole rings is 1. The Hall–Kier alpha value is -3.65. The number of aromatic nitrogens is 4. The van der Waals surface area contributed by atoms with Gasteiger partial charge >= 0.3 is 5.97 Å². The summed E-state index contributed by atoms with van der Waals surface area (Å²) in [6.07, 6.45) is 3.64. The van der Waals surface area contributed by atoms with Crippen molar-refractivity contribution < 1.29 is 14.3 Å². The smallest absolute Gasteiger partial charge is 0.341 e. The fraction of sp³-hybridized carbons (Fsp3) is 0.182. The van der Waals surface area contributed by atoms with Crippen molar-refractivity contribution in [1.82, 2.24) is 19.5 Å². The molecule has 9 heteroatoms. The molecule has 0 aliphatic rings. The van der Waals surface area contributed by atoms with E-state index in [1.165, 1.54) is 6.33 Å². The van der Waals surface area contributed by atoms with E-state index in [-0.39, 0.29) is 6.61 Å². The highest BCUT2D eigenvalue weighted by Crippen LogP contribution is 2.21. The molecule has 0 bridgehead atoms. The van der Waals surface area contributed by atoms with E-state index in [0.717, 1.165) is 5.56 Å². The molecule has 2 aromatic carbocycles. The van der Waals surface area contributed by atoms with Gasteiger partial charge in [0.05, 0.1) is 12.9 Å². The lowest BCUT2D eigenvalue weighted by Gasteiger charge is -2.11. The number of hydrogen-bond acceptors (Lipinski definition) is 7. The lowest BCUT2D eigenvalue weighted by atomic mass is 10.2. The monoisotopic (exact) mass is 437 g/mol. The minimum Gasteiger partial charge on any atom is -0.488 e. The second-order valence-corrected chi connectivity index (χ2v) is 7.21. The number of carbonyl (C=O) groups is 1. The summed E-state index contributed by atoms with van der Waals surface area (Å²) in [4.78, 5) is 24.9. The van der Waals surface area contributed by atoms with E-state index in [2.05, 4.69) is 15.0 Å². The van der Waals surface area contributed by atoms with Crippen molar-refractivity contribution in [2.45, 2.75) is 19.6 Å². The van der Waals surface area contributed by atoms with Crippen molar-refractivity contribution in [2.75, 3.05) is 12.3 Å². The molecule has 0 amide bonds. The van der Waals surface area contributed by atoms with Gasteiger partial charge in [-0.15, -0.1) is 0 Å². The number of nitrogen functional groups attached to an aromatic ring is 1. The highest BCUT2D eigenvalue weighted by atomic mass is 35.5. The number of ether oxygens (including phenoxy) is 2. The number of carbonyl (C=O) groups excluding carboxylic acids is 1. The molecule has 0 fully saturated rings. The maximum absolute atomic E-state index is 12.6. The zero-order valence-corrected chi connectivity index (χ0v) is 17.3. The number of para-hydroxylation sites is 1. The first-order valence-electron chi connectivity index (χ1n) is 9.66. The molecule has 31 heavy (non-hydrogen) atoms. The topological polar surface area (TPSA) is 105 Å². The van der Waals surface area contributed by atoms with Crippen LogP contribution in [0.1, 0.15) is 22.3 Å². The van der Waals surface area contributed by atoms with Crippen molar-refractivity contribution >= 4 is 34.6 Å². The van der Waals surface area contributed by atoms with Crippen LogP contribution in [0.5, 0.6) is 5.75 Å². The first-order valence-corrected chi connectivity index (χ1v) is 10.0. The second kappa shape index (κ2) is 9.44. The van der Waals surface area contributed by atoms with Crippen molar-refractivity contribution in [1.29, 1.82) is 0 Å². The molecule has 2 N–H and O–H groups in total. The summed E-state index contributed by atoms with van der Waals surface area (Å²) in [5, 5.41) is 0.660. The third-order valence-corrected chi connectivity index (χ3v) is 4.87.